The maximum atomic E-state index is 8.66. The van der Waals surface area contributed by atoms with E-state index < -0.39 is 0 Å². The van der Waals surface area contributed by atoms with Gasteiger partial charge >= 0.3 is 0 Å². The van der Waals surface area contributed by atoms with Crippen molar-refractivity contribution in [3.05, 3.63) is 0 Å². The molecule has 0 radical (unpaired) electrons. The van der Waals surface area contributed by atoms with Crippen molar-refractivity contribution in [1.29, 1.82) is 0 Å². The molecule has 2 nitrogen and oxygen atoms in total. The van der Waals surface area contributed by atoms with Gasteiger partial charge < -0.3 is 10.8 Å². The van der Waals surface area contributed by atoms with Crippen LogP contribution in [0.4, 0.5) is 0 Å². The van der Waals surface area contributed by atoms with E-state index in [0.717, 1.165) is 0 Å². The molecule has 2 atom stereocenters. The van der Waals surface area contributed by atoms with Crippen molar-refractivity contribution in [1.82, 2.24) is 0 Å². The van der Waals surface area contributed by atoms with Crippen LogP contribution in [-0.2, 0) is 0 Å². The number of nitrogens with two attached hydrogens (primary N) is 1. The van der Waals surface area contributed by atoms with Gasteiger partial charge in [0.25, 0.3) is 0 Å². The third-order valence-corrected chi connectivity index (χ3v) is 3.19. The largest absolute Gasteiger partial charge is 0.395 e. The van der Waals surface area contributed by atoms with Crippen LogP contribution in [-0.4, -0.2) is 28.8 Å². The average Bonchev–Trinajstić information content (AvgIpc) is 2.37. The van der Waals surface area contributed by atoms with Gasteiger partial charge in [-0.3, -0.25) is 0 Å². The Balaban J connectivity index is 2.24. The molecule has 0 aromatic carbocycles. The fourth-order valence-corrected chi connectivity index (χ4v) is 2.36. The van der Waals surface area contributed by atoms with Crippen molar-refractivity contribution >= 4 is 11.8 Å². The van der Waals surface area contributed by atoms with E-state index in [2.05, 4.69) is 0 Å². The molecule has 0 bridgehead atoms. The molecule has 0 aromatic heterocycles. The number of hydrogen-bond acceptors (Lipinski definition) is 3. The van der Waals surface area contributed by atoms with E-state index in [1.165, 1.54) is 18.6 Å². The lowest BCUT2D eigenvalue weighted by Crippen LogP contribution is -2.34. The van der Waals surface area contributed by atoms with Gasteiger partial charge in [-0.15, -0.1) is 0 Å². The molecule has 1 unspecified atom stereocenters. The first-order valence-electron chi connectivity index (χ1n) is 3.32. The molecule has 1 aliphatic heterocycles. The summed E-state index contributed by atoms with van der Waals surface area (Å²) in [6.07, 6.45) is 2.45. The Labute approximate surface area is 59.8 Å². The Bertz CT molecular complexity index is 83.1. The van der Waals surface area contributed by atoms with Crippen LogP contribution < -0.4 is 5.73 Å². The zero-order valence-electron chi connectivity index (χ0n) is 5.42. The first-order valence-corrected chi connectivity index (χ1v) is 4.37. The standard InChI is InChI=1S/C6H13NOS/c7-5(4-8)6-2-1-3-9-6/h5-6,8H,1-4,7H2/t5-,6?/m0/s1. The molecule has 54 valence electrons. The summed E-state index contributed by atoms with van der Waals surface area (Å²) in [4.78, 5) is 0. The Kier molecular flexibility index (Phi) is 2.82. The molecule has 0 spiro atoms. The van der Waals surface area contributed by atoms with Crippen LogP contribution in [0.5, 0.6) is 0 Å². The van der Waals surface area contributed by atoms with Crippen molar-refractivity contribution in [2.24, 2.45) is 5.73 Å². The minimum atomic E-state index is 0.0116. The van der Waals surface area contributed by atoms with E-state index in [4.69, 9.17) is 10.8 Å². The molecule has 0 aliphatic carbocycles. The molecule has 3 N–H and O–H groups in total. The van der Waals surface area contributed by atoms with E-state index >= 15 is 0 Å². The summed E-state index contributed by atoms with van der Waals surface area (Å²) in [5.74, 6) is 1.22. The molecular weight excluding hydrogens is 134 g/mol. The molecule has 1 rings (SSSR count). The van der Waals surface area contributed by atoms with Gasteiger partial charge in [-0.05, 0) is 18.6 Å². The maximum absolute atomic E-state index is 8.66. The Morgan fingerprint density at radius 2 is 2.56 bits per heavy atom. The summed E-state index contributed by atoms with van der Waals surface area (Å²) >= 11 is 1.89. The number of rotatable bonds is 2. The summed E-state index contributed by atoms with van der Waals surface area (Å²) in [5.41, 5.74) is 5.61. The van der Waals surface area contributed by atoms with E-state index in [1.54, 1.807) is 0 Å². The lowest BCUT2D eigenvalue weighted by Gasteiger charge is -2.14. The summed E-state index contributed by atoms with van der Waals surface area (Å²) in [7, 11) is 0. The lowest BCUT2D eigenvalue weighted by atomic mass is 10.1. The summed E-state index contributed by atoms with van der Waals surface area (Å²) in [6, 6.07) is 0.0116. The van der Waals surface area contributed by atoms with Crippen LogP contribution in [0.1, 0.15) is 12.8 Å². The molecule has 0 aromatic rings. The highest BCUT2D eigenvalue weighted by atomic mass is 32.2. The average molecular weight is 147 g/mol. The van der Waals surface area contributed by atoms with Gasteiger partial charge in [0.1, 0.15) is 0 Å². The van der Waals surface area contributed by atoms with E-state index in [0.29, 0.717) is 5.25 Å². The molecule has 1 fully saturated rings. The Morgan fingerprint density at radius 3 is 3.00 bits per heavy atom. The van der Waals surface area contributed by atoms with E-state index in [9.17, 15) is 0 Å². The van der Waals surface area contributed by atoms with E-state index in [-0.39, 0.29) is 12.6 Å². The lowest BCUT2D eigenvalue weighted by molar-refractivity contribution is 0.262. The van der Waals surface area contributed by atoms with Crippen LogP contribution in [0, 0.1) is 0 Å². The molecule has 9 heavy (non-hydrogen) atoms. The topological polar surface area (TPSA) is 46.2 Å². The molecule has 0 amide bonds. The number of aliphatic hydroxyl groups excluding tert-OH is 1. The first-order chi connectivity index (χ1) is 4.34. The van der Waals surface area contributed by atoms with E-state index in [1.807, 2.05) is 11.8 Å². The molecular formula is C6H13NOS. The molecule has 0 saturated carbocycles. The molecule has 1 aliphatic rings. The fraction of sp³-hybridized carbons (Fsp3) is 1.00. The van der Waals surface area contributed by atoms with Crippen LogP contribution >= 0.6 is 11.8 Å². The van der Waals surface area contributed by atoms with Gasteiger partial charge in [-0.25, -0.2) is 0 Å². The Morgan fingerprint density at radius 1 is 1.78 bits per heavy atom. The molecule has 3 heteroatoms. The normalized spacial score (nSPS) is 30.7. The number of hydrogen-bond donors (Lipinski definition) is 2. The number of aliphatic hydroxyl groups is 1. The highest BCUT2D eigenvalue weighted by Crippen LogP contribution is 2.27. The van der Waals surface area contributed by atoms with Gasteiger partial charge in [-0.1, -0.05) is 0 Å². The van der Waals surface area contributed by atoms with Crippen LogP contribution in [0.15, 0.2) is 0 Å². The highest BCUT2D eigenvalue weighted by molar-refractivity contribution is 8.00. The zero-order valence-corrected chi connectivity index (χ0v) is 6.23. The van der Waals surface area contributed by atoms with Crippen LogP contribution in [0.2, 0.25) is 0 Å². The quantitative estimate of drug-likeness (QED) is 0.586. The zero-order chi connectivity index (χ0) is 6.69. The highest BCUT2D eigenvalue weighted by Gasteiger charge is 2.21. The molecule has 1 heterocycles. The maximum Gasteiger partial charge on any atom is 0.0593 e. The van der Waals surface area contributed by atoms with Crippen molar-refractivity contribution < 1.29 is 5.11 Å². The monoisotopic (exact) mass is 147 g/mol. The van der Waals surface area contributed by atoms with Crippen molar-refractivity contribution in [3.63, 3.8) is 0 Å². The Hall–Kier alpha value is 0.270. The van der Waals surface area contributed by atoms with Gasteiger partial charge in [0.2, 0.25) is 0 Å². The minimum Gasteiger partial charge on any atom is -0.395 e. The van der Waals surface area contributed by atoms with Crippen molar-refractivity contribution in [3.8, 4) is 0 Å². The van der Waals surface area contributed by atoms with Crippen molar-refractivity contribution in [2.45, 2.75) is 24.1 Å². The third kappa shape index (κ3) is 1.85. The number of thioether (sulfide) groups is 1. The van der Waals surface area contributed by atoms with Gasteiger partial charge in [0, 0.05) is 11.3 Å². The van der Waals surface area contributed by atoms with Crippen LogP contribution in [0.25, 0.3) is 0 Å². The second-order valence-corrected chi connectivity index (χ2v) is 3.74. The van der Waals surface area contributed by atoms with Gasteiger partial charge in [-0.2, -0.15) is 11.8 Å². The van der Waals surface area contributed by atoms with Gasteiger partial charge in [0.15, 0.2) is 0 Å². The predicted octanol–water partition coefficient (Wildman–Crippen LogP) is 0.202. The smallest absolute Gasteiger partial charge is 0.0593 e. The first kappa shape index (κ1) is 7.38. The van der Waals surface area contributed by atoms with Gasteiger partial charge in [0.05, 0.1) is 6.61 Å². The predicted molar refractivity (Wildman–Crippen MR) is 40.5 cm³/mol. The SMILES string of the molecule is N[C@@H](CO)C1CCCS1. The van der Waals surface area contributed by atoms with Crippen LogP contribution in [0.3, 0.4) is 0 Å². The minimum absolute atomic E-state index is 0.0116. The second-order valence-electron chi connectivity index (χ2n) is 2.40. The summed E-state index contributed by atoms with van der Waals surface area (Å²) < 4.78 is 0. The third-order valence-electron chi connectivity index (χ3n) is 1.65. The summed E-state index contributed by atoms with van der Waals surface area (Å²) in [5, 5.41) is 9.18. The van der Waals surface area contributed by atoms with Crippen molar-refractivity contribution in [2.75, 3.05) is 12.4 Å². The second kappa shape index (κ2) is 3.44. The summed E-state index contributed by atoms with van der Waals surface area (Å²) in [6.45, 7) is 0.137. The fourth-order valence-electron chi connectivity index (χ4n) is 1.06. The molecule has 1 saturated heterocycles.